The summed E-state index contributed by atoms with van der Waals surface area (Å²) in [4.78, 5) is 19.9. The Hall–Kier alpha value is -1.97. The van der Waals surface area contributed by atoms with E-state index in [2.05, 4.69) is 9.97 Å². The summed E-state index contributed by atoms with van der Waals surface area (Å²) in [5.74, 6) is -0.0822. The number of hydrogen-bond acceptors (Lipinski definition) is 3. The fraction of sp³-hybridized carbons (Fsp3) is 0.182. The Balaban J connectivity index is 2.41. The fourth-order valence-corrected chi connectivity index (χ4v) is 1.37. The van der Waals surface area contributed by atoms with Gasteiger partial charge in [-0.3, -0.25) is 9.78 Å². The van der Waals surface area contributed by atoms with Gasteiger partial charge in [-0.25, -0.2) is 4.98 Å². The molecule has 2 heterocycles. The second-order valence-electron chi connectivity index (χ2n) is 3.44. The molecule has 0 aromatic carbocycles. The van der Waals surface area contributed by atoms with Crippen LogP contribution in [-0.2, 0) is 7.05 Å². The smallest absolute Gasteiger partial charge is 0.214 e. The number of aryl methyl sites for hydroxylation is 2. The number of nitrogens with zero attached hydrogens (tertiary/aromatic N) is 3. The van der Waals surface area contributed by atoms with E-state index in [-0.39, 0.29) is 5.78 Å². The molecule has 0 saturated carbocycles. The first-order valence-electron chi connectivity index (χ1n) is 4.62. The van der Waals surface area contributed by atoms with Crippen LogP contribution < -0.4 is 0 Å². The molecule has 0 saturated heterocycles. The van der Waals surface area contributed by atoms with Gasteiger partial charge in [0.2, 0.25) is 5.78 Å². The largest absolute Gasteiger partial charge is 0.340 e. The topological polar surface area (TPSA) is 47.8 Å². The van der Waals surface area contributed by atoms with Gasteiger partial charge < -0.3 is 4.57 Å². The van der Waals surface area contributed by atoms with Crippen LogP contribution in [0.5, 0.6) is 0 Å². The Bertz CT molecular complexity index is 502. The van der Waals surface area contributed by atoms with Crippen molar-refractivity contribution in [2.75, 3.05) is 0 Å². The molecule has 0 aliphatic heterocycles. The lowest BCUT2D eigenvalue weighted by Crippen LogP contribution is -2.04. The molecule has 0 unspecified atom stereocenters. The molecule has 0 N–H and O–H groups in total. The fourth-order valence-electron chi connectivity index (χ4n) is 1.37. The second-order valence-corrected chi connectivity index (χ2v) is 3.44. The minimum atomic E-state index is -0.0822. The van der Waals surface area contributed by atoms with Crippen LogP contribution in [-0.4, -0.2) is 20.3 Å². The monoisotopic (exact) mass is 201 g/mol. The average Bonchev–Trinajstić information content (AvgIpc) is 2.65. The zero-order valence-corrected chi connectivity index (χ0v) is 8.64. The number of hydrogen-bond donors (Lipinski definition) is 0. The molecule has 0 atom stereocenters. The van der Waals surface area contributed by atoms with Crippen molar-refractivity contribution < 1.29 is 4.79 Å². The molecule has 0 aliphatic carbocycles. The van der Waals surface area contributed by atoms with Crippen LogP contribution in [0.25, 0.3) is 0 Å². The number of carbonyl (C=O) groups is 1. The summed E-state index contributed by atoms with van der Waals surface area (Å²) in [7, 11) is 1.83. The standard InChI is InChI=1S/C11H11N3O/c1-8-3-4-12-5-9(8)11(15)10-6-14(2)7-13-10/h3-7H,1-2H3. The third kappa shape index (κ3) is 1.79. The van der Waals surface area contributed by atoms with Crippen LogP contribution in [0.15, 0.2) is 31.0 Å². The molecule has 2 aromatic rings. The molecule has 0 radical (unpaired) electrons. The lowest BCUT2D eigenvalue weighted by atomic mass is 10.1. The van der Waals surface area contributed by atoms with Gasteiger partial charge >= 0.3 is 0 Å². The minimum Gasteiger partial charge on any atom is -0.340 e. The Morgan fingerprint density at radius 3 is 2.87 bits per heavy atom. The minimum absolute atomic E-state index is 0.0822. The maximum absolute atomic E-state index is 12.0. The van der Waals surface area contributed by atoms with Crippen LogP contribution in [0.1, 0.15) is 21.6 Å². The zero-order chi connectivity index (χ0) is 10.8. The lowest BCUT2D eigenvalue weighted by molar-refractivity contribution is 0.103. The lowest BCUT2D eigenvalue weighted by Gasteiger charge is -2.00. The van der Waals surface area contributed by atoms with Crippen LogP contribution in [0.4, 0.5) is 0 Å². The van der Waals surface area contributed by atoms with Crippen molar-refractivity contribution in [1.82, 2.24) is 14.5 Å². The average molecular weight is 201 g/mol. The van der Waals surface area contributed by atoms with Crippen molar-refractivity contribution >= 4 is 5.78 Å². The molecule has 0 aliphatic rings. The highest BCUT2D eigenvalue weighted by Gasteiger charge is 2.13. The van der Waals surface area contributed by atoms with Crippen molar-refractivity contribution in [3.05, 3.63) is 47.8 Å². The predicted molar refractivity (Wildman–Crippen MR) is 55.6 cm³/mol. The van der Waals surface area contributed by atoms with Gasteiger partial charge in [-0.2, -0.15) is 0 Å². The van der Waals surface area contributed by atoms with Crippen LogP contribution in [0.3, 0.4) is 0 Å². The van der Waals surface area contributed by atoms with Gasteiger partial charge in [-0.15, -0.1) is 0 Å². The van der Waals surface area contributed by atoms with E-state index < -0.39 is 0 Å². The summed E-state index contributed by atoms with van der Waals surface area (Å²) < 4.78 is 1.75. The molecular formula is C11H11N3O. The number of imidazole rings is 1. The Morgan fingerprint density at radius 1 is 1.47 bits per heavy atom. The number of carbonyl (C=O) groups excluding carboxylic acids is 1. The van der Waals surface area contributed by atoms with E-state index >= 15 is 0 Å². The van der Waals surface area contributed by atoms with Crippen LogP contribution >= 0.6 is 0 Å². The Kier molecular flexibility index (Phi) is 2.33. The normalized spacial score (nSPS) is 10.3. The highest BCUT2D eigenvalue weighted by molar-refractivity contribution is 6.08. The number of pyridine rings is 1. The van der Waals surface area contributed by atoms with Gasteiger partial charge in [-0.05, 0) is 18.6 Å². The van der Waals surface area contributed by atoms with E-state index in [1.807, 2.05) is 20.0 Å². The van der Waals surface area contributed by atoms with E-state index in [0.717, 1.165) is 5.56 Å². The van der Waals surface area contributed by atoms with Gasteiger partial charge in [0.1, 0.15) is 5.69 Å². The highest BCUT2D eigenvalue weighted by Crippen LogP contribution is 2.10. The molecule has 2 rings (SSSR count). The first kappa shape index (κ1) is 9.58. The molecule has 0 amide bonds. The van der Waals surface area contributed by atoms with Gasteiger partial charge in [0, 0.05) is 31.2 Å². The number of rotatable bonds is 2. The predicted octanol–water partition coefficient (Wildman–Crippen LogP) is 1.35. The number of ketones is 1. The van der Waals surface area contributed by atoms with Crippen molar-refractivity contribution in [3.8, 4) is 0 Å². The van der Waals surface area contributed by atoms with Gasteiger partial charge in [0.15, 0.2) is 0 Å². The van der Waals surface area contributed by atoms with E-state index in [4.69, 9.17) is 0 Å². The molecule has 76 valence electrons. The summed E-state index contributed by atoms with van der Waals surface area (Å²) in [6.07, 6.45) is 6.56. The highest BCUT2D eigenvalue weighted by atomic mass is 16.1. The number of aromatic nitrogens is 3. The van der Waals surface area contributed by atoms with Crippen LogP contribution in [0, 0.1) is 6.92 Å². The van der Waals surface area contributed by atoms with E-state index in [1.165, 1.54) is 0 Å². The van der Waals surface area contributed by atoms with Crippen molar-refractivity contribution in [1.29, 1.82) is 0 Å². The summed E-state index contributed by atoms with van der Waals surface area (Å²) in [6.45, 7) is 1.89. The summed E-state index contributed by atoms with van der Waals surface area (Å²) in [6, 6.07) is 1.82. The molecule has 15 heavy (non-hydrogen) atoms. The Morgan fingerprint density at radius 2 is 2.27 bits per heavy atom. The first-order chi connectivity index (χ1) is 7.18. The van der Waals surface area contributed by atoms with Crippen molar-refractivity contribution in [2.45, 2.75) is 6.92 Å². The molecule has 4 heteroatoms. The Labute approximate surface area is 87.6 Å². The van der Waals surface area contributed by atoms with Gasteiger partial charge in [-0.1, -0.05) is 0 Å². The first-order valence-corrected chi connectivity index (χ1v) is 4.62. The molecule has 0 bridgehead atoms. The quantitative estimate of drug-likeness (QED) is 0.689. The zero-order valence-electron chi connectivity index (χ0n) is 8.64. The maximum atomic E-state index is 12.0. The third-order valence-electron chi connectivity index (χ3n) is 2.22. The van der Waals surface area contributed by atoms with Crippen molar-refractivity contribution in [3.63, 3.8) is 0 Å². The molecular weight excluding hydrogens is 190 g/mol. The summed E-state index contributed by atoms with van der Waals surface area (Å²) in [5.41, 5.74) is 1.98. The van der Waals surface area contributed by atoms with E-state index in [1.54, 1.807) is 29.5 Å². The molecule has 0 fully saturated rings. The van der Waals surface area contributed by atoms with Crippen LogP contribution in [0.2, 0.25) is 0 Å². The second kappa shape index (κ2) is 3.65. The summed E-state index contributed by atoms with van der Waals surface area (Å²) >= 11 is 0. The van der Waals surface area contributed by atoms with E-state index in [0.29, 0.717) is 11.3 Å². The molecule has 2 aromatic heterocycles. The SMILES string of the molecule is Cc1ccncc1C(=O)c1cn(C)cn1. The summed E-state index contributed by atoms with van der Waals surface area (Å²) in [5, 5.41) is 0. The van der Waals surface area contributed by atoms with E-state index in [9.17, 15) is 4.79 Å². The maximum Gasteiger partial charge on any atom is 0.214 e. The van der Waals surface area contributed by atoms with Gasteiger partial charge in [0.05, 0.1) is 6.33 Å². The van der Waals surface area contributed by atoms with Gasteiger partial charge in [0.25, 0.3) is 0 Å². The van der Waals surface area contributed by atoms with Crippen molar-refractivity contribution in [2.24, 2.45) is 7.05 Å². The molecule has 0 spiro atoms. The molecule has 4 nitrogen and oxygen atoms in total. The third-order valence-corrected chi connectivity index (χ3v) is 2.22.